The third kappa shape index (κ3) is 5.72. The van der Waals surface area contributed by atoms with Crippen molar-refractivity contribution >= 4 is 35.4 Å². The summed E-state index contributed by atoms with van der Waals surface area (Å²) in [4.78, 5) is 30.2. The van der Waals surface area contributed by atoms with Crippen LogP contribution in [0.1, 0.15) is 31.2 Å². The van der Waals surface area contributed by atoms with E-state index < -0.39 is 4.92 Å². The van der Waals surface area contributed by atoms with Crippen LogP contribution >= 0.6 is 0 Å². The highest BCUT2D eigenvalue weighted by atomic mass is 16.6. The minimum atomic E-state index is -0.438. The number of pyridine rings is 1. The SMILES string of the molecule is O=[N+]([O-])c1ccc(Nc2nc(N/N=C\c3cccnc3)nc(N3CCCCCC3)n2)cc1. The Morgan fingerprint density at radius 1 is 1.00 bits per heavy atom. The maximum atomic E-state index is 10.9. The molecule has 0 unspecified atom stereocenters. The van der Waals surface area contributed by atoms with E-state index in [2.05, 4.69) is 40.7 Å². The predicted octanol–water partition coefficient (Wildman–Crippen LogP) is 3.74. The fourth-order valence-electron chi connectivity index (χ4n) is 3.30. The van der Waals surface area contributed by atoms with Crippen molar-refractivity contribution in [1.82, 2.24) is 19.9 Å². The van der Waals surface area contributed by atoms with Crippen LogP contribution < -0.4 is 15.6 Å². The normalized spacial score (nSPS) is 14.2. The third-order valence-corrected chi connectivity index (χ3v) is 4.91. The predicted molar refractivity (Wildman–Crippen MR) is 122 cm³/mol. The van der Waals surface area contributed by atoms with E-state index in [9.17, 15) is 10.1 Å². The maximum Gasteiger partial charge on any atom is 0.269 e. The highest BCUT2D eigenvalue weighted by Gasteiger charge is 2.16. The fourth-order valence-corrected chi connectivity index (χ4v) is 3.30. The lowest BCUT2D eigenvalue weighted by Gasteiger charge is -2.21. The zero-order valence-electron chi connectivity index (χ0n) is 17.4. The molecule has 1 aliphatic rings. The summed E-state index contributed by atoms with van der Waals surface area (Å²) in [6.45, 7) is 1.75. The Balaban J connectivity index is 1.57. The number of benzene rings is 1. The number of hydrogen-bond acceptors (Lipinski definition) is 10. The molecule has 3 aromatic rings. The molecule has 0 bridgehead atoms. The van der Waals surface area contributed by atoms with Gasteiger partial charge in [-0.15, -0.1) is 0 Å². The Labute approximate surface area is 184 Å². The zero-order valence-corrected chi connectivity index (χ0v) is 17.4. The largest absolute Gasteiger partial charge is 0.341 e. The molecule has 0 amide bonds. The molecule has 2 aromatic heterocycles. The van der Waals surface area contributed by atoms with Crippen LogP contribution in [-0.2, 0) is 0 Å². The molecule has 11 heteroatoms. The van der Waals surface area contributed by atoms with E-state index in [0.29, 0.717) is 23.5 Å². The number of hydrazone groups is 1. The second kappa shape index (κ2) is 10.2. The van der Waals surface area contributed by atoms with E-state index in [1.54, 1.807) is 30.7 Å². The summed E-state index contributed by atoms with van der Waals surface area (Å²) >= 11 is 0. The number of aromatic nitrogens is 4. The first-order valence-corrected chi connectivity index (χ1v) is 10.4. The summed E-state index contributed by atoms with van der Waals surface area (Å²) < 4.78 is 0. The minimum absolute atomic E-state index is 0.0172. The number of rotatable bonds is 7. The second-order valence-corrected chi connectivity index (χ2v) is 7.27. The van der Waals surface area contributed by atoms with E-state index in [1.165, 1.54) is 25.0 Å². The standard InChI is InChI=1S/C21H23N9O2/c31-30(32)18-9-7-17(8-10-18)24-19-25-20(28-23-15-16-6-5-11-22-14-16)27-21(26-19)29-12-3-1-2-4-13-29/h5-11,14-15H,1-4,12-13H2,(H2,24,25,26,27,28)/b23-15-. The van der Waals surface area contributed by atoms with Gasteiger partial charge in [-0.2, -0.15) is 20.1 Å². The van der Waals surface area contributed by atoms with Crippen molar-refractivity contribution in [3.63, 3.8) is 0 Å². The van der Waals surface area contributed by atoms with Gasteiger partial charge in [0.1, 0.15) is 0 Å². The molecule has 0 spiro atoms. The number of anilines is 4. The first-order valence-electron chi connectivity index (χ1n) is 10.4. The van der Waals surface area contributed by atoms with Crippen LogP contribution in [0.2, 0.25) is 0 Å². The summed E-state index contributed by atoms with van der Waals surface area (Å²) in [7, 11) is 0. The molecule has 2 N–H and O–H groups in total. The van der Waals surface area contributed by atoms with Gasteiger partial charge >= 0.3 is 0 Å². The number of nitro groups is 1. The van der Waals surface area contributed by atoms with Crippen LogP contribution in [-0.4, -0.2) is 44.2 Å². The Bertz CT molecular complexity index is 1070. The topological polar surface area (TPSA) is 134 Å². The Hall–Kier alpha value is -4.15. The van der Waals surface area contributed by atoms with Crippen LogP contribution in [0.5, 0.6) is 0 Å². The Kier molecular flexibility index (Phi) is 6.75. The van der Waals surface area contributed by atoms with E-state index >= 15 is 0 Å². The summed E-state index contributed by atoms with van der Waals surface area (Å²) in [6.07, 6.45) is 9.57. The highest BCUT2D eigenvalue weighted by molar-refractivity contribution is 5.79. The van der Waals surface area contributed by atoms with Crippen molar-refractivity contribution in [3.05, 3.63) is 64.5 Å². The van der Waals surface area contributed by atoms with Gasteiger partial charge in [0, 0.05) is 48.9 Å². The average molecular weight is 433 g/mol. The first kappa shape index (κ1) is 21.1. The number of hydrogen-bond donors (Lipinski definition) is 2. The van der Waals surface area contributed by atoms with Gasteiger partial charge < -0.3 is 10.2 Å². The van der Waals surface area contributed by atoms with E-state index in [-0.39, 0.29) is 5.69 Å². The Morgan fingerprint density at radius 2 is 1.75 bits per heavy atom. The molecular weight excluding hydrogens is 410 g/mol. The van der Waals surface area contributed by atoms with Gasteiger partial charge in [-0.05, 0) is 31.0 Å². The minimum Gasteiger partial charge on any atom is -0.341 e. The van der Waals surface area contributed by atoms with Crippen LogP contribution in [0, 0.1) is 10.1 Å². The molecule has 3 heterocycles. The molecule has 1 saturated heterocycles. The molecule has 0 radical (unpaired) electrons. The molecule has 0 atom stereocenters. The lowest BCUT2D eigenvalue weighted by molar-refractivity contribution is -0.384. The monoisotopic (exact) mass is 433 g/mol. The molecule has 1 aromatic carbocycles. The molecule has 1 fully saturated rings. The first-order chi connectivity index (χ1) is 15.7. The van der Waals surface area contributed by atoms with Gasteiger partial charge in [0.15, 0.2) is 0 Å². The number of nitrogens with zero attached hydrogens (tertiary/aromatic N) is 7. The molecule has 11 nitrogen and oxygen atoms in total. The molecule has 164 valence electrons. The lowest BCUT2D eigenvalue weighted by atomic mass is 10.2. The van der Waals surface area contributed by atoms with Gasteiger partial charge in [0.2, 0.25) is 17.8 Å². The Morgan fingerprint density at radius 3 is 2.44 bits per heavy atom. The molecule has 32 heavy (non-hydrogen) atoms. The number of non-ortho nitro benzene ring substituents is 1. The van der Waals surface area contributed by atoms with Crippen molar-refractivity contribution in [2.24, 2.45) is 5.10 Å². The van der Waals surface area contributed by atoms with Gasteiger partial charge in [-0.1, -0.05) is 18.9 Å². The smallest absolute Gasteiger partial charge is 0.269 e. The average Bonchev–Trinajstić information content (AvgIpc) is 3.10. The fraction of sp³-hybridized carbons (Fsp3) is 0.286. The van der Waals surface area contributed by atoms with Crippen LogP contribution in [0.4, 0.5) is 29.2 Å². The summed E-state index contributed by atoms with van der Waals surface area (Å²) in [5.74, 6) is 1.18. The van der Waals surface area contributed by atoms with Gasteiger partial charge in [-0.3, -0.25) is 15.1 Å². The maximum absolute atomic E-state index is 10.9. The number of nitro benzene ring substituents is 1. The molecule has 0 aliphatic carbocycles. The lowest BCUT2D eigenvalue weighted by Crippen LogP contribution is -2.26. The van der Waals surface area contributed by atoms with E-state index in [0.717, 1.165) is 31.5 Å². The highest BCUT2D eigenvalue weighted by Crippen LogP contribution is 2.22. The summed E-state index contributed by atoms with van der Waals surface area (Å²) in [5.41, 5.74) is 4.35. The van der Waals surface area contributed by atoms with Gasteiger partial charge in [0.25, 0.3) is 5.69 Å². The quantitative estimate of drug-likeness (QED) is 0.324. The molecule has 4 rings (SSSR count). The molecule has 1 aliphatic heterocycles. The number of nitrogens with one attached hydrogen (secondary N) is 2. The van der Waals surface area contributed by atoms with E-state index in [1.807, 2.05) is 12.1 Å². The van der Waals surface area contributed by atoms with Gasteiger partial charge in [-0.25, -0.2) is 5.43 Å². The molecular formula is C21H23N9O2. The van der Waals surface area contributed by atoms with Gasteiger partial charge in [0.05, 0.1) is 11.1 Å². The third-order valence-electron chi connectivity index (χ3n) is 4.91. The van der Waals surface area contributed by atoms with Crippen molar-refractivity contribution in [1.29, 1.82) is 0 Å². The van der Waals surface area contributed by atoms with Crippen LogP contribution in [0.3, 0.4) is 0 Å². The van der Waals surface area contributed by atoms with Crippen LogP contribution in [0.25, 0.3) is 0 Å². The van der Waals surface area contributed by atoms with Crippen molar-refractivity contribution in [2.75, 3.05) is 28.7 Å². The summed E-state index contributed by atoms with van der Waals surface area (Å²) in [5, 5.41) is 18.2. The second-order valence-electron chi connectivity index (χ2n) is 7.27. The zero-order chi connectivity index (χ0) is 22.2. The molecule has 0 saturated carbocycles. The van der Waals surface area contributed by atoms with Crippen LogP contribution in [0.15, 0.2) is 53.9 Å². The van der Waals surface area contributed by atoms with E-state index in [4.69, 9.17) is 0 Å². The summed E-state index contributed by atoms with van der Waals surface area (Å²) in [6, 6.07) is 9.79. The van der Waals surface area contributed by atoms with Crippen molar-refractivity contribution in [3.8, 4) is 0 Å². The van der Waals surface area contributed by atoms with Crippen molar-refractivity contribution < 1.29 is 4.92 Å². The van der Waals surface area contributed by atoms with Crippen molar-refractivity contribution in [2.45, 2.75) is 25.7 Å².